The Morgan fingerprint density at radius 1 is 1.50 bits per heavy atom. The molecular formula is C10H14N2O4. The number of aliphatic carboxylic acids is 1. The highest BCUT2D eigenvalue weighted by molar-refractivity contribution is 6.27. The maximum atomic E-state index is 11.8. The average Bonchev–Trinajstić information content (AvgIpc) is 2.26. The standard InChI is InChI=1S/C10H14N2O4/c1-16-9(15)10(8(13)14)7-3-2-5-12(10)6-4-11-7/h2-6H2,1H3,(H,13,14). The lowest BCUT2D eigenvalue weighted by molar-refractivity contribution is -0.165. The molecule has 0 amide bonds. The van der Waals surface area contributed by atoms with Crippen LogP contribution in [0.5, 0.6) is 0 Å². The number of fused-ring (bicyclic) bond motifs is 2. The van der Waals surface area contributed by atoms with Crippen LogP contribution in [-0.2, 0) is 14.3 Å². The number of hydrogen-bond acceptors (Lipinski definition) is 5. The normalized spacial score (nSPS) is 32.8. The van der Waals surface area contributed by atoms with Crippen molar-refractivity contribution in [2.45, 2.75) is 18.4 Å². The van der Waals surface area contributed by atoms with Crippen LogP contribution < -0.4 is 0 Å². The van der Waals surface area contributed by atoms with Gasteiger partial charge in [-0.05, 0) is 12.8 Å². The molecule has 2 atom stereocenters. The number of carboxylic acid groups (broad SMARTS) is 1. The van der Waals surface area contributed by atoms with Crippen LogP contribution in [0.4, 0.5) is 0 Å². The second-order valence-electron chi connectivity index (χ2n) is 3.93. The Morgan fingerprint density at radius 3 is 2.81 bits per heavy atom. The van der Waals surface area contributed by atoms with E-state index in [0.717, 1.165) is 6.42 Å². The first-order valence-corrected chi connectivity index (χ1v) is 5.24. The van der Waals surface area contributed by atoms with E-state index >= 15 is 0 Å². The van der Waals surface area contributed by atoms with E-state index < -0.39 is 17.5 Å². The molecule has 1 N–H and O–H groups in total. The van der Waals surface area contributed by atoms with Crippen molar-refractivity contribution >= 4 is 17.7 Å². The van der Waals surface area contributed by atoms with Gasteiger partial charge in [-0.25, -0.2) is 9.59 Å². The van der Waals surface area contributed by atoms with E-state index in [1.807, 2.05) is 0 Å². The van der Waals surface area contributed by atoms with Crippen molar-refractivity contribution < 1.29 is 19.4 Å². The van der Waals surface area contributed by atoms with Gasteiger partial charge in [0.25, 0.3) is 5.54 Å². The predicted octanol–water partition coefficient (Wildman–Crippen LogP) is -0.467. The number of esters is 1. The monoisotopic (exact) mass is 226 g/mol. The summed E-state index contributed by atoms with van der Waals surface area (Å²) in [6.45, 7) is 1.65. The summed E-state index contributed by atoms with van der Waals surface area (Å²) in [7, 11) is 1.21. The number of rotatable bonds is 2. The number of aliphatic imine (C=N–C) groups is 1. The van der Waals surface area contributed by atoms with Crippen LogP contribution in [0.1, 0.15) is 12.8 Å². The molecule has 0 aliphatic carbocycles. The predicted molar refractivity (Wildman–Crippen MR) is 55.5 cm³/mol. The molecular weight excluding hydrogens is 212 g/mol. The van der Waals surface area contributed by atoms with Gasteiger partial charge in [-0.15, -0.1) is 0 Å². The molecule has 2 rings (SSSR count). The van der Waals surface area contributed by atoms with Crippen LogP contribution in [0.2, 0.25) is 0 Å². The zero-order chi connectivity index (χ0) is 11.8. The third-order valence-corrected chi connectivity index (χ3v) is 3.20. The van der Waals surface area contributed by atoms with Crippen molar-refractivity contribution in [1.29, 1.82) is 0 Å². The van der Waals surface area contributed by atoms with Crippen molar-refractivity contribution in [1.82, 2.24) is 4.90 Å². The summed E-state index contributed by atoms with van der Waals surface area (Å²) < 4.78 is 4.65. The van der Waals surface area contributed by atoms with Crippen molar-refractivity contribution in [2.24, 2.45) is 4.99 Å². The van der Waals surface area contributed by atoms with E-state index in [0.29, 0.717) is 31.8 Å². The molecule has 0 spiro atoms. The van der Waals surface area contributed by atoms with Gasteiger partial charge in [0.2, 0.25) is 0 Å². The second-order valence-corrected chi connectivity index (χ2v) is 3.93. The summed E-state index contributed by atoms with van der Waals surface area (Å²) in [5, 5.41) is 9.37. The minimum Gasteiger partial charge on any atom is -0.479 e. The summed E-state index contributed by atoms with van der Waals surface area (Å²) in [5.41, 5.74) is -1.23. The fourth-order valence-electron chi connectivity index (χ4n) is 2.49. The van der Waals surface area contributed by atoms with E-state index in [2.05, 4.69) is 9.73 Å². The summed E-state index contributed by atoms with van der Waals surface area (Å²) >= 11 is 0. The average molecular weight is 226 g/mol. The van der Waals surface area contributed by atoms with Gasteiger partial charge < -0.3 is 9.84 Å². The Labute approximate surface area is 92.9 Å². The van der Waals surface area contributed by atoms with Gasteiger partial charge in [0, 0.05) is 13.1 Å². The fraction of sp³-hybridized carbons (Fsp3) is 0.700. The number of carbonyl (C=O) groups excluding carboxylic acids is 1. The Balaban J connectivity index is 2.52. The van der Waals surface area contributed by atoms with Crippen LogP contribution in [0.25, 0.3) is 0 Å². The molecule has 0 aromatic carbocycles. The molecule has 2 aliphatic rings. The number of carbonyl (C=O) groups is 2. The first-order chi connectivity index (χ1) is 7.64. The Bertz CT molecular complexity index is 366. The minimum absolute atomic E-state index is 0.435. The summed E-state index contributed by atoms with van der Waals surface area (Å²) in [6, 6.07) is 0. The zero-order valence-corrected chi connectivity index (χ0v) is 9.10. The molecule has 6 nitrogen and oxygen atoms in total. The quantitative estimate of drug-likeness (QED) is 0.509. The zero-order valence-electron chi connectivity index (χ0n) is 9.10. The van der Waals surface area contributed by atoms with Gasteiger partial charge in [0.1, 0.15) is 0 Å². The minimum atomic E-state index is -1.66. The number of hydrogen-bond donors (Lipinski definition) is 1. The molecule has 6 heteroatoms. The van der Waals surface area contributed by atoms with Gasteiger partial charge >= 0.3 is 11.9 Å². The molecule has 2 heterocycles. The second kappa shape index (κ2) is 3.86. The molecule has 1 saturated heterocycles. The van der Waals surface area contributed by atoms with Crippen molar-refractivity contribution in [3.05, 3.63) is 0 Å². The van der Waals surface area contributed by atoms with Gasteiger partial charge in [-0.3, -0.25) is 9.89 Å². The summed E-state index contributed by atoms with van der Waals surface area (Å²) in [5.74, 6) is -1.92. The molecule has 0 saturated carbocycles. The molecule has 0 radical (unpaired) electrons. The number of ether oxygens (including phenoxy) is 1. The highest BCUT2D eigenvalue weighted by atomic mass is 16.5. The largest absolute Gasteiger partial charge is 0.479 e. The lowest BCUT2D eigenvalue weighted by Gasteiger charge is -2.44. The molecule has 88 valence electrons. The summed E-state index contributed by atoms with van der Waals surface area (Å²) in [4.78, 5) is 29.1. The molecule has 0 aromatic heterocycles. The SMILES string of the molecule is COC(=O)C1(C(=O)O)C2=NCCN1CCC2. The lowest BCUT2D eigenvalue weighted by Crippen LogP contribution is -2.69. The third-order valence-electron chi connectivity index (χ3n) is 3.20. The first-order valence-electron chi connectivity index (χ1n) is 5.24. The first kappa shape index (κ1) is 11.1. The van der Waals surface area contributed by atoms with E-state index in [9.17, 15) is 14.7 Å². The highest BCUT2D eigenvalue weighted by Gasteiger charge is 2.59. The maximum absolute atomic E-state index is 11.8. The highest BCUT2D eigenvalue weighted by Crippen LogP contribution is 2.30. The third kappa shape index (κ3) is 1.26. The molecule has 0 aromatic rings. The van der Waals surface area contributed by atoms with Gasteiger partial charge in [0.05, 0.1) is 19.4 Å². The molecule has 2 unspecified atom stereocenters. The van der Waals surface area contributed by atoms with Gasteiger partial charge in [-0.2, -0.15) is 0 Å². The van der Waals surface area contributed by atoms with E-state index in [1.54, 1.807) is 4.90 Å². The van der Waals surface area contributed by atoms with Crippen molar-refractivity contribution in [3.63, 3.8) is 0 Å². The fourth-order valence-corrected chi connectivity index (χ4v) is 2.49. The number of carboxylic acids is 1. The number of piperidine rings is 1. The van der Waals surface area contributed by atoms with Crippen LogP contribution in [0.15, 0.2) is 4.99 Å². The maximum Gasteiger partial charge on any atom is 0.344 e. The molecule has 2 aliphatic heterocycles. The number of nitrogens with zero attached hydrogens (tertiary/aromatic N) is 2. The Kier molecular flexibility index (Phi) is 2.67. The topological polar surface area (TPSA) is 79.2 Å². The Hall–Kier alpha value is -1.43. The lowest BCUT2D eigenvalue weighted by atomic mass is 9.83. The summed E-state index contributed by atoms with van der Waals surface area (Å²) in [6.07, 6.45) is 1.39. The van der Waals surface area contributed by atoms with Gasteiger partial charge in [0.15, 0.2) is 0 Å². The van der Waals surface area contributed by atoms with E-state index in [-0.39, 0.29) is 0 Å². The molecule has 2 bridgehead atoms. The van der Waals surface area contributed by atoms with Crippen molar-refractivity contribution in [2.75, 3.05) is 26.7 Å². The van der Waals surface area contributed by atoms with Crippen LogP contribution >= 0.6 is 0 Å². The smallest absolute Gasteiger partial charge is 0.344 e. The molecule has 1 fully saturated rings. The van der Waals surface area contributed by atoms with E-state index in [1.165, 1.54) is 7.11 Å². The van der Waals surface area contributed by atoms with Crippen LogP contribution in [-0.4, -0.2) is 59.9 Å². The van der Waals surface area contributed by atoms with Crippen LogP contribution in [0, 0.1) is 0 Å². The van der Waals surface area contributed by atoms with Gasteiger partial charge in [-0.1, -0.05) is 0 Å². The molecule has 16 heavy (non-hydrogen) atoms. The Morgan fingerprint density at radius 2 is 2.25 bits per heavy atom. The number of methoxy groups -OCH3 is 1. The van der Waals surface area contributed by atoms with Crippen LogP contribution in [0.3, 0.4) is 0 Å². The van der Waals surface area contributed by atoms with E-state index in [4.69, 9.17) is 0 Å². The van der Waals surface area contributed by atoms with Crippen molar-refractivity contribution in [3.8, 4) is 0 Å².